The summed E-state index contributed by atoms with van der Waals surface area (Å²) in [6, 6.07) is 24.8. The predicted octanol–water partition coefficient (Wildman–Crippen LogP) is 5.79. The molecule has 0 saturated heterocycles. The van der Waals surface area contributed by atoms with E-state index < -0.39 is 0 Å². The van der Waals surface area contributed by atoms with E-state index in [4.69, 9.17) is 16.0 Å². The van der Waals surface area contributed by atoms with Crippen molar-refractivity contribution in [1.82, 2.24) is 10.2 Å². The number of nitrogens with zero attached hydrogens (tertiary/aromatic N) is 2. The number of nitrogens with one attached hydrogen (secondary N) is 1. The van der Waals surface area contributed by atoms with E-state index >= 15 is 0 Å². The normalized spacial score (nSPS) is 10.7. The van der Waals surface area contributed by atoms with Crippen LogP contribution >= 0.6 is 23.4 Å². The van der Waals surface area contributed by atoms with E-state index in [9.17, 15) is 4.79 Å². The smallest absolute Gasteiger partial charge is 0.277 e. The molecule has 0 radical (unpaired) electrons. The molecule has 0 saturated carbocycles. The first-order valence-corrected chi connectivity index (χ1v) is 10.2. The average molecular weight is 422 g/mol. The summed E-state index contributed by atoms with van der Waals surface area (Å²) in [4.78, 5) is 12.5. The Hall–Kier alpha value is -3.09. The summed E-state index contributed by atoms with van der Waals surface area (Å²) in [6.07, 6.45) is 0. The van der Waals surface area contributed by atoms with Gasteiger partial charge in [-0.15, -0.1) is 10.2 Å². The summed E-state index contributed by atoms with van der Waals surface area (Å²) in [5.74, 6) is 0.316. The fourth-order valence-corrected chi connectivity index (χ4v) is 3.57. The largest absolute Gasteiger partial charge is 0.411 e. The van der Waals surface area contributed by atoms with Crippen LogP contribution in [-0.4, -0.2) is 21.9 Å². The molecular weight excluding hydrogens is 406 g/mol. The third kappa shape index (κ3) is 4.67. The van der Waals surface area contributed by atoms with Crippen molar-refractivity contribution in [3.63, 3.8) is 0 Å². The number of thioether (sulfide) groups is 1. The van der Waals surface area contributed by atoms with Crippen molar-refractivity contribution in [1.29, 1.82) is 0 Å². The molecule has 0 unspecified atom stereocenters. The van der Waals surface area contributed by atoms with Gasteiger partial charge in [-0.1, -0.05) is 84.0 Å². The van der Waals surface area contributed by atoms with Gasteiger partial charge < -0.3 is 9.73 Å². The van der Waals surface area contributed by atoms with E-state index in [0.717, 1.165) is 16.8 Å². The van der Waals surface area contributed by atoms with Crippen LogP contribution in [0.5, 0.6) is 0 Å². The highest BCUT2D eigenvalue weighted by molar-refractivity contribution is 7.99. The zero-order valence-electron chi connectivity index (χ0n) is 15.2. The fraction of sp³-hybridized carbons (Fsp3) is 0.0455. The van der Waals surface area contributed by atoms with Crippen LogP contribution in [0.2, 0.25) is 5.02 Å². The van der Waals surface area contributed by atoms with Gasteiger partial charge >= 0.3 is 0 Å². The van der Waals surface area contributed by atoms with E-state index in [2.05, 4.69) is 15.5 Å². The number of anilines is 1. The third-order valence-electron chi connectivity index (χ3n) is 4.12. The molecule has 1 N–H and O–H groups in total. The zero-order chi connectivity index (χ0) is 20.1. The Kier molecular flexibility index (Phi) is 5.93. The van der Waals surface area contributed by atoms with E-state index in [1.807, 2.05) is 66.7 Å². The molecule has 144 valence electrons. The Bertz CT molecular complexity index is 1130. The van der Waals surface area contributed by atoms with Gasteiger partial charge in [0.1, 0.15) is 0 Å². The Balaban J connectivity index is 1.41. The summed E-state index contributed by atoms with van der Waals surface area (Å²) in [5.41, 5.74) is 3.42. The number of para-hydroxylation sites is 1. The van der Waals surface area contributed by atoms with Gasteiger partial charge in [-0.05, 0) is 23.8 Å². The number of rotatable bonds is 6. The molecule has 1 aromatic heterocycles. The standard InChI is InChI=1S/C22H16ClN3O2S/c23-18-12-6-4-11-17(18)21-25-26-22(28-21)29-14-20(27)24-19-13-7-5-10-16(19)15-8-2-1-3-9-15/h1-13H,14H2,(H,24,27). The summed E-state index contributed by atoms with van der Waals surface area (Å²) >= 11 is 7.33. The topological polar surface area (TPSA) is 68.0 Å². The number of benzene rings is 3. The van der Waals surface area contributed by atoms with Crippen LogP contribution in [0.3, 0.4) is 0 Å². The van der Waals surface area contributed by atoms with Crippen LogP contribution in [0.15, 0.2) is 88.5 Å². The van der Waals surface area contributed by atoms with Crippen molar-refractivity contribution < 1.29 is 9.21 Å². The second-order valence-electron chi connectivity index (χ2n) is 6.10. The van der Waals surface area contributed by atoms with E-state index in [-0.39, 0.29) is 11.7 Å². The van der Waals surface area contributed by atoms with Gasteiger partial charge in [0, 0.05) is 11.3 Å². The maximum Gasteiger partial charge on any atom is 0.277 e. The first-order chi connectivity index (χ1) is 14.2. The maximum absolute atomic E-state index is 12.5. The van der Waals surface area contributed by atoms with E-state index in [0.29, 0.717) is 21.7 Å². The molecule has 0 atom stereocenters. The average Bonchev–Trinajstić information content (AvgIpc) is 3.22. The predicted molar refractivity (Wildman–Crippen MR) is 116 cm³/mol. The number of carbonyl (C=O) groups excluding carboxylic acids is 1. The Morgan fingerprint density at radius 3 is 2.38 bits per heavy atom. The minimum atomic E-state index is -0.157. The highest BCUT2D eigenvalue weighted by Gasteiger charge is 2.14. The van der Waals surface area contributed by atoms with Gasteiger partial charge in [-0.3, -0.25) is 4.79 Å². The highest BCUT2D eigenvalue weighted by atomic mass is 35.5. The number of amides is 1. The van der Waals surface area contributed by atoms with Crippen LogP contribution in [0.4, 0.5) is 5.69 Å². The molecule has 4 aromatic rings. The quantitative estimate of drug-likeness (QED) is 0.399. The Labute approximate surface area is 177 Å². The lowest BCUT2D eigenvalue weighted by atomic mass is 10.0. The van der Waals surface area contributed by atoms with Gasteiger partial charge in [0.05, 0.1) is 16.3 Å². The fourth-order valence-electron chi connectivity index (χ4n) is 2.79. The molecule has 4 rings (SSSR count). The molecule has 5 nitrogen and oxygen atoms in total. The summed E-state index contributed by atoms with van der Waals surface area (Å²) in [5, 5.41) is 11.8. The van der Waals surface area contributed by atoms with Crippen molar-refractivity contribution >= 4 is 35.0 Å². The van der Waals surface area contributed by atoms with E-state index in [1.54, 1.807) is 12.1 Å². The molecule has 29 heavy (non-hydrogen) atoms. The minimum Gasteiger partial charge on any atom is -0.411 e. The number of aromatic nitrogens is 2. The lowest BCUT2D eigenvalue weighted by molar-refractivity contribution is -0.113. The number of halogens is 1. The van der Waals surface area contributed by atoms with Gasteiger partial charge in [-0.2, -0.15) is 0 Å². The first-order valence-electron chi connectivity index (χ1n) is 8.86. The van der Waals surface area contributed by atoms with Crippen LogP contribution in [0.1, 0.15) is 0 Å². The van der Waals surface area contributed by atoms with Crippen molar-refractivity contribution in [2.24, 2.45) is 0 Å². The molecule has 0 aliphatic carbocycles. The van der Waals surface area contributed by atoms with Crippen molar-refractivity contribution in [3.8, 4) is 22.6 Å². The molecule has 0 bridgehead atoms. The summed E-state index contributed by atoms with van der Waals surface area (Å²) < 4.78 is 5.62. The molecule has 0 aliphatic heterocycles. The molecule has 0 aliphatic rings. The molecule has 1 amide bonds. The van der Waals surface area contributed by atoms with Gasteiger partial charge in [0.15, 0.2) is 0 Å². The molecular formula is C22H16ClN3O2S. The lowest BCUT2D eigenvalue weighted by Crippen LogP contribution is -2.14. The molecule has 7 heteroatoms. The summed E-state index contributed by atoms with van der Waals surface area (Å²) in [6.45, 7) is 0. The first kappa shape index (κ1) is 19.2. The SMILES string of the molecule is O=C(CSc1nnc(-c2ccccc2Cl)o1)Nc1ccccc1-c1ccccc1. The highest BCUT2D eigenvalue weighted by Crippen LogP contribution is 2.30. The number of hydrogen-bond donors (Lipinski definition) is 1. The second-order valence-corrected chi connectivity index (χ2v) is 7.44. The number of carbonyl (C=O) groups is 1. The van der Waals surface area contributed by atoms with Crippen LogP contribution in [0, 0.1) is 0 Å². The lowest BCUT2D eigenvalue weighted by Gasteiger charge is -2.10. The van der Waals surface area contributed by atoms with Crippen LogP contribution in [-0.2, 0) is 4.79 Å². The monoisotopic (exact) mass is 421 g/mol. The van der Waals surface area contributed by atoms with Gasteiger partial charge in [-0.25, -0.2) is 0 Å². The Morgan fingerprint density at radius 2 is 1.59 bits per heavy atom. The minimum absolute atomic E-state index is 0.146. The molecule has 3 aromatic carbocycles. The number of hydrogen-bond acceptors (Lipinski definition) is 5. The molecule has 0 fully saturated rings. The molecule has 1 heterocycles. The van der Waals surface area contributed by atoms with Crippen LogP contribution in [0.25, 0.3) is 22.6 Å². The second kappa shape index (κ2) is 8.94. The summed E-state index contributed by atoms with van der Waals surface area (Å²) in [7, 11) is 0. The van der Waals surface area contributed by atoms with Crippen LogP contribution < -0.4 is 5.32 Å². The Morgan fingerprint density at radius 1 is 0.897 bits per heavy atom. The van der Waals surface area contributed by atoms with Crippen molar-refractivity contribution in [3.05, 3.63) is 83.9 Å². The van der Waals surface area contributed by atoms with Gasteiger partial charge in [0.25, 0.3) is 5.22 Å². The van der Waals surface area contributed by atoms with Crippen molar-refractivity contribution in [2.45, 2.75) is 5.22 Å². The molecule has 0 spiro atoms. The third-order valence-corrected chi connectivity index (χ3v) is 5.27. The zero-order valence-corrected chi connectivity index (χ0v) is 16.8. The van der Waals surface area contributed by atoms with Gasteiger partial charge in [0.2, 0.25) is 11.8 Å². The van der Waals surface area contributed by atoms with E-state index in [1.165, 1.54) is 11.8 Å². The maximum atomic E-state index is 12.5. The van der Waals surface area contributed by atoms with Crippen molar-refractivity contribution in [2.75, 3.05) is 11.1 Å².